The lowest BCUT2D eigenvalue weighted by molar-refractivity contribution is -0.183. The fourth-order valence-electron chi connectivity index (χ4n) is 1.71. The van der Waals surface area contributed by atoms with Crippen LogP contribution in [0.4, 0.5) is 17.6 Å². The highest BCUT2D eigenvalue weighted by Gasteiger charge is 2.51. The van der Waals surface area contributed by atoms with Crippen LogP contribution < -0.4 is 0 Å². The lowest BCUT2D eigenvalue weighted by Crippen LogP contribution is -2.50. The highest BCUT2D eigenvalue weighted by molar-refractivity contribution is 5.84. The summed E-state index contributed by atoms with van der Waals surface area (Å²) in [6.07, 6.45) is -3.60. The van der Waals surface area contributed by atoms with E-state index in [4.69, 9.17) is 0 Å². The predicted molar refractivity (Wildman–Crippen MR) is 67.7 cm³/mol. The maximum Gasteiger partial charge on any atom is 0.383 e. The summed E-state index contributed by atoms with van der Waals surface area (Å²) in [5, 5.41) is 0. The molecule has 2 nitrogen and oxygen atoms in total. The molecule has 0 fully saturated rings. The Morgan fingerprint density at radius 3 is 2.25 bits per heavy atom. The first-order valence-corrected chi connectivity index (χ1v) is 6.31. The molecule has 112 valence electrons. The minimum atomic E-state index is -4.65. The molecule has 0 spiro atoms. The van der Waals surface area contributed by atoms with Gasteiger partial charge in [0.1, 0.15) is 0 Å². The molecule has 1 atom stereocenters. The maximum absolute atomic E-state index is 13.2. The summed E-state index contributed by atoms with van der Waals surface area (Å²) in [5.74, 6) is -6.48. The number of rotatable bonds is 6. The van der Waals surface area contributed by atoms with Crippen LogP contribution in [0.3, 0.4) is 0 Å². The zero-order chi connectivity index (χ0) is 15.3. The van der Waals surface area contributed by atoms with Crippen LogP contribution in [0.1, 0.15) is 25.8 Å². The third-order valence-electron chi connectivity index (χ3n) is 3.14. The van der Waals surface area contributed by atoms with Crippen LogP contribution in [0.5, 0.6) is 0 Å². The fourth-order valence-corrected chi connectivity index (χ4v) is 1.71. The average molecular weight is 291 g/mol. The van der Waals surface area contributed by atoms with E-state index in [1.54, 1.807) is 44.2 Å². The van der Waals surface area contributed by atoms with Crippen molar-refractivity contribution < 1.29 is 22.4 Å². The second kappa shape index (κ2) is 6.72. The molecule has 0 saturated carbocycles. The number of alkyl halides is 4. The van der Waals surface area contributed by atoms with Gasteiger partial charge in [0.15, 0.2) is 0 Å². The Bertz CT molecular complexity index is 436. The van der Waals surface area contributed by atoms with Crippen molar-refractivity contribution in [2.24, 2.45) is 0 Å². The summed E-state index contributed by atoms with van der Waals surface area (Å²) in [5.41, 5.74) is 0.617. The first-order chi connectivity index (χ1) is 9.30. The van der Waals surface area contributed by atoms with Crippen molar-refractivity contribution in [1.29, 1.82) is 0 Å². The van der Waals surface area contributed by atoms with Gasteiger partial charge in [-0.15, -0.1) is 0 Å². The molecule has 20 heavy (non-hydrogen) atoms. The van der Waals surface area contributed by atoms with Gasteiger partial charge in [0.2, 0.25) is 0 Å². The van der Waals surface area contributed by atoms with Gasteiger partial charge in [0, 0.05) is 12.6 Å². The molecule has 0 heterocycles. The zero-order valence-electron chi connectivity index (χ0n) is 11.3. The number of carbonyl (C=O) groups is 1. The molecule has 6 heteroatoms. The molecule has 1 aromatic rings. The Balaban J connectivity index is 2.99. The highest BCUT2D eigenvalue weighted by Crippen LogP contribution is 2.27. The third-order valence-corrected chi connectivity index (χ3v) is 3.14. The number of hydrogen-bond donors (Lipinski definition) is 0. The van der Waals surface area contributed by atoms with E-state index < -0.39 is 24.3 Å². The summed E-state index contributed by atoms with van der Waals surface area (Å²) < 4.78 is 51.2. The van der Waals surface area contributed by atoms with Crippen LogP contribution >= 0.6 is 0 Å². The largest absolute Gasteiger partial charge is 0.383 e. The van der Waals surface area contributed by atoms with Crippen molar-refractivity contribution in [1.82, 2.24) is 4.90 Å². The van der Waals surface area contributed by atoms with Crippen molar-refractivity contribution in [3.63, 3.8) is 0 Å². The molecule has 0 bridgehead atoms. The summed E-state index contributed by atoms with van der Waals surface area (Å²) in [6, 6.07) is 7.89. The van der Waals surface area contributed by atoms with Crippen molar-refractivity contribution in [2.45, 2.75) is 45.2 Å². The lowest BCUT2D eigenvalue weighted by Gasteiger charge is -2.31. The first kappa shape index (κ1) is 16.5. The van der Waals surface area contributed by atoms with Crippen LogP contribution in [-0.4, -0.2) is 29.2 Å². The predicted octanol–water partition coefficient (Wildman–Crippen LogP) is 3.71. The second-order valence-corrected chi connectivity index (χ2v) is 4.60. The monoisotopic (exact) mass is 291 g/mol. The molecule has 1 aromatic carbocycles. The summed E-state index contributed by atoms with van der Waals surface area (Å²) in [7, 11) is 0. The van der Waals surface area contributed by atoms with Crippen LogP contribution in [0.15, 0.2) is 30.3 Å². The smallest absolute Gasteiger partial charge is 0.330 e. The molecule has 0 aliphatic heterocycles. The Kier molecular flexibility index (Phi) is 5.53. The molecule has 0 aliphatic carbocycles. The van der Waals surface area contributed by atoms with Gasteiger partial charge in [0.05, 0.1) is 0 Å². The molecule has 1 unspecified atom stereocenters. The SMILES string of the molecule is CCC(C)N(Cc1ccccc1)C(=O)C(F)(F)C(F)F. The number of halogens is 4. The molecule has 1 rings (SSSR count). The van der Waals surface area contributed by atoms with Gasteiger partial charge in [-0.3, -0.25) is 4.79 Å². The molecule has 0 N–H and O–H groups in total. The number of nitrogens with zero attached hydrogens (tertiary/aromatic N) is 1. The van der Waals surface area contributed by atoms with Gasteiger partial charge in [-0.25, -0.2) is 8.78 Å². The third kappa shape index (κ3) is 3.71. The standard InChI is InChI=1S/C14H17F4NO/c1-3-10(2)19(9-11-7-5-4-6-8-11)13(20)14(17,18)12(15)16/h4-8,10,12H,3,9H2,1-2H3. The number of benzene rings is 1. The Labute approximate surface area is 115 Å². The minimum Gasteiger partial charge on any atom is -0.330 e. The topological polar surface area (TPSA) is 20.3 Å². The average Bonchev–Trinajstić information content (AvgIpc) is 2.44. The Morgan fingerprint density at radius 1 is 1.25 bits per heavy atom. The van der Waals surface area contributed by atoms with Crippen molar-refractivity contribution in [3.8, 4) is 0 Å². The normalized spacial score (nSPS) is 13.3. The summed E-state index contributed by atoms with van der Waals surface area (Å²) in [6.45, 7) is 3.15. The second-order valence-electron chi connectivity index (χ2n) is 4.60. The molecule has 0 aliphatic rings. The number of carbonyl (C=O) groups excluding carboxylic acids is 1. The highest BCUT2D eigenvalue weighted by atomic mass is 19.3. The van der Waals surface area contributed by atoms with E-state index in [2.05, 4.69) is 0 Å². The van der Waals surface area contributed by atoms with E-state index in [-0.39, 0.29) is 6.54 Å². The number of amides is 1. The quantitative estimate of drug-likeness (QED) is 0.732. The van der Waals surface area contributed by atoms with Gasteiger partial charge in [-0.1, -0.05) is 37.3 Å². The van der Waals surface area contributed by atoms with Gasteiger partial charge < -0.3 is 4.90 Å². The molecule has 1 amide bonds. The van der Waals surface area contributed by atoms with E-state index >= 15 is 0 Å². The fraction of sp³-hybridized carbons (Fsp3) is 0.500. The first-order valence-electron chi connectivity index (χ1n) is 6.31. The van der Waals surface area contributed by atoms with E-state index in [1.807, 2.05) is 0 Å². The van der Waals surface area contributed by atoms with E-state index in [0.29, 0.717) is 12.0 Å². The molecule has 0 aromatic heterocycles. The lowest BCUT2D eigenvalue weighted by atomic mass is 10.1. The van der Waals surface area contributed by atoms with Crippen LogP contribution in [-0.2, 0) is 11.3 Å². The van der Waals surface area contributed by atoms with Crippen LogP contribution in [0, 0.1) is 0 Å². The van der Waals surface area contributed by atoms with Gasteiger partial charge in [-0.2, -0.15) is 8.78 Å². The Hall–Kier alpha value is -1.59. The summed E-state index contributed by atoms with van der Waals surface area (Å²) >= 11 is 0. The van der Waals surface area contributed by atoms with Gasteiger partial charge in [0.25, 0.3) is 5.91 Å². The Morgan fingerprint density at radius 2 is 1.80 bits per heavy atom. The maximum atomic E-state index is 13.2. The van der Waals surface area contributed by atoms with Crippen molar-refractivity contribution >= 4 is 5.91 Å². The van der Waals surface area contributed by atoms with Crippen molar-refractivity contribution in [3.05, 3.63) is 35.9 Å². The van der Waals surface area contributed by atoms with E-state index in [0.717, 1.165) is 4.90 Å². The zero-order valence-corrected chi connectivity index (χ0v) is 11.3. The minimum absolute atomic E-state index is 0.114. The number of hydrogen-bond acceptors (Lipinski definition) is 1. The molecular formula is C14H17F4NO. The molecular weight excluding hydrogens is 274 g/mol. The summed E-state index contributed by atoms with van der Waals surface area (Å²) in [4.78, 5) is 12.5. The molecule has 0 radical (unpaired) electrons. The van der Waals surface area contributed by atoms with E-state index in [1.165, 1.54) is 0 Å². The van der Waals surface area contributed by atoms with Crippen molar-refractivity contribution in [2.75, 3.05) is 0 Å². The molecule has 0 saturated heterocycles. The van der Waals surface area contributed by atoms with Crippen LogP contribution in [0.2, 0.25) is 0 Å². The van der Waals surface area contributed by atoms with E-state index in [9.17, 15) is 22.4 Å². The van der Waals surface area contributed by atoms with Gasteiger partial charge >= 0.3 is 12.3 Å². The van der Waals surface area contributed by atoms with Crippen LogP contribution in [0.25, 0.3) is 0 Å². The van der Waals surface area contributed by atoms with Gasteiger partial charge in [-0.05, 0) is 18.9 Å².